The summed E-state index contributed by atoms with van der Waals surface area (Å²) in [7, 11) is 0. The summed E-state index contributed by atoms with van der Waals surface area (Å²) in [5.41, 5.74) is 5.86. The zero-order valence-electron chi connectivity index (χ0n) is 12.7. The highest BCUT2D eigenvalue weighted by Crippen LogP contribution is 2.38. The first kappa shape index (κ1) is 17.0. The van der Waals surface area contributed by atoms with Crippen molar-refractivity contribution < 1.29 is 14.7 Å². The summed E-state index contributed by atoms with van der Waals surface area (Å²) in [5.74, 6) is -0.816. The lowest BCUT2D eigenvalue weighted by molar-refractivity contribution is -0.141. The van der Waals surface area contributed by atoms with Crippen molar-refractivity contribution >= 4 is 11.9 Å². The number of carbonyl (C=O) groups is 2. The van der Waals surface area contributed by atoms with Crippen LogP contribution in [-0.4, -0.2) is 41.0 Å². The maximum atomic E-state index is 12.5. The van der Waals surface area contributed by atoms with Crippen molar-refractivity contribution in [1.82, 2.24) is 4.90 Å². The lowest BCUT2D eigenvalue weighted by Crippen LogP contribution is -2.44. The fourth-order valence-electron chi connectivity index (χ4n) is 3.27. The monoisotopic (exact) mass is 284 g/mol. The molecular weight excluding hydrogens is 256 g/mol. The van der Waals surface area contributed by atoms with Gasteiger partial charge in [-0.1, -0.05) is 19.3 Å². The van der Waals surface area contributed by atoms with Gasteiger partial charge in [0.25, 0.3) is 0 Å². The Balaban J connectivity index is 2.68. The van der Waals surface area contributed by atoms with Crippen LogP contribution in [0.2, 0.25) is 0 Å². The summed E-state index contributed by atoms with van der Waals surface area (Å²) < 4.78 is 0. The fourth-order valence-corrected chi connectivity index (χ4v) is 3.27. The first-order valence-electron chi connectivity index (χ1n) is 7.65. The average molecular weight is 284 g/mol. The summed E-state index contributed by atoms with van der Waals surface area (Å²) in [6.45, 7) is 4.79. The van der Waals surface area contributed by atoms with Crippen molar-refractivity contribution in [2.75, 3.05) is 13.1 Å². The first-order valence-corrected chi connectivity index (χ1v) is 7.65. The molecule has 1 unspecified atom stereocenters. The van der Waals surface area contributed by atoms with Crippen LogP contribution in [0.4, 0.5) is 0 Å². The van der Waals surface area contributed by atoms with E-state index >= 15 is 0 Å². The number of carboxylic acid groups (broad SMARTS) is 1. The molecule has 1 aliphatic rings. The maximum Gasteiger partial charge on any atom is 0.305 e. The molecule has 1 atom stereocenters. The molecule has 3 N–H and O–H groups in total. The molecule has 0 radical (unpaired) electrons. The molecule has 5 heteroatoms. The minimum Gasteiger partial charge on any atom is -0.481 e. The number of hydrogen-bond donors (Lipinski definition) is 2. The van der Waals surface area contributed by atoms with E-state index in [-0.39, 0.29) is 23.8 Å². The van der Waals surface area contributed by atoms with E-state index in [1.165, 1.54) is 6.42 Å². The van der Waals surface area contributed by atoms with E-state index in [1.807, 2.05) is 6.92 Å². The van der Waals surface area contributed by atoms with Crippen LogP contribution in [0, 0.1) is 5.41 Å². The van der Waals surface area contributed by atoms with Gasteiger partial charge >= 0.3 is 5.97 Å². The topological polar surface area (TPSA) is 83.6 Å². The second-order valence-electron chi connectivity index (χ2n) is 6.07. The Morgan fingerprint density at radius 3 is 2.35 bits per heavy atom. The van der Waals surface area contributed by atoms with Crippen LogP contribution in [0.15, 0.2) is 0 Å². The third-order valence-corrected chi connectivity index (χ3v) is 4.54. The second kappa shape index (κ2) is 7.62. The van der Waals surface area contributed by atoms with Gasteiger partial charge < -0.3 is 15.7 Å². The molecule has 1 amide bonds. The van der Waals surface area contributed by atoms with E-state index in [1.54, 1.807) is 11.8 Å². The fraction of sp³-hybridized carbons (Fsp3) is 0.867. The lowest BCUT2D eigenvalue weighted by atomic mass is 9.71. The van der Waals surface area contributed by atoms with Crippen molar-refractivity contribution in [3.05, 3.63) is 0 Å². The van der Waals surface area contributed by atoms with E-state index in [4.69, 9.17) is 10.8 Å². The molecule has 0 heterocycles. The van der Waals surface area contributed by atoms with Gasteiger partial charge in [-0.25, -0.2) is 0 Å². The third kappa shape index (κ3) is 4.47. The molecule has 0 saturated heterocycles. The van der Waals surface area contributed by atoms with Crippen LogP contribution in [0.5, 0.6) is 0 Å². The first-order chi connectivity index (χ1) is 9.44. The van der Waals surface area contributed by atoms with Gasteiger partial charge in [-0.15, -0.1) is 0 Å². The number of nitrogens with zero attached hydrogens (tertiary/aromatic N) is 1. The minimum atomic E-state index is -0.866. The van der Waals surface area contributed by atoms with E-state index in [0.717, 1.165) is 25.7 Å². The quantitative estimate of drug-likeness (QED) is 0.749. The highest BCUT2D eigenvalue weighted by atomic mass is 16.4. The van der Waals surface area contributed by atoms with Crippen molar-refractivity contribution in [3.8, 4) is 0 Å². The van der Waals surface area contributed by atoms with E-state index in [0.29, 0.717) is 19.5 Å². The average Bonchev–Trinajstić information content (AvgIpc) is 2.39. The van der Waals surface area contributed by atoms with Crippen LogP contribution < -0.4 is 5.73 Å². The van der Waals surface area contributed by atoms with Crippen molar-refractivity contribution in [1.29, 1.82) is 0 Å². The Morgan fingerprint density at radius 2 is 1.90 bits per heavy atom. The number of carboxylic acids is 1. The van der Waals surface area contributed by atoms with Gasteiger partial charge in [0.2, 0.25) is 5.91 Å². The van der Waals surface area contributed by atoms with Gasteiger partial charge in [0.15, 0.2) is 0 Å². The van der Waals surface area contributed by atoms with Crippen LogP contribution in [0.1, 0.15) is 58.8 Å². The summed E-state index contributed by atoms with van der Waals surface area (Å²) in [6.07, 6.45) is 5.99. The van der Waals surface area contributed by atoms with Gasteiger partial charge in [0, 0.05) is 19.0 Å². The van der Waals surface area contributed by atoms with Crippen LogP contribution in [-0.2, 0) is 9.59 Å². The molecule has 0 bridgehead atoms. The highest BCUT2D eigenvalue weighted by Gasteiger charge is 2.35. The van der Waals surface area contributed by atoms with Crippen LogP contribution in [0.3, 0.4) is 0 Å². The molecule has 0 aromatic rings. The lowest BCUT2D eigenvalue weighted by Gasteiger charge is -2.38. The SMILES string of the molecule is CCN(C(=O)CC1(CN)CCCCC1)C(C)CC(=O)O. The molecule has 20 heavy (non-hydrogen) atoms. The molecule has 116 valence electrons. The van der Waals surface area contributed by atoms with Gasteiger partial charge in [-0.3, -0.25) is 9.59 Å². The van der Waals surface area contributed by atoms with Crippen LogP contribution in [0.25, 0.3) is 0 Å². The summed E-state index contributed by atoms with van der Waals surface area (Å²) >= 11 is 0. The predicted molar refractivity (Wildman–Crippen MR) is 78.3 cm³/mol. The number of carbonyl (C=O) groups excluding carboxylic acids is 1. The van der Waals surface area contributed by atoms with Gasteiger partial charge in [-0.2, -0.15) is 0 Å². The minimum absolute atomic E-state index is 0.00476. The van der Waals surface area contributed by atoms with Gasteiger partial charge in [-0.05, 0) is 38.6 Å². The number of hydrogen-bond acceptors (Lipinski definition) is 3. The molecule has 1 rings (SSSR count). The largest absolute Gasteiger partial charge is 0.481 e. The third-order valence-electron chi connectivity index (χ3n) is 4.54. The molecule has 5 nitrogen and oxygen atoms in total. The molecule has 1 fully saturated rings. The van der Waals surface area contributed by atoms with Crippen LogP contribution >= 0.6 is 0 Å². The Kier molecular flexibility index (Phi) is 6.46. The number of rotatable bonds is 7. The standard InChI is InChI=1S/C15H28N2O3/c1-3-17(12(2)9-14(19)20)13(18)10-15(11-16)7-5-4-6-8-15/h12H,3-11,16H2,1-2H3,(H,19,20). The Hall–Kier alpha value is -1.10. The Labute approximate surface area is 121 Å². The summed E-state index contributed by atoms with van der Waals surface area (Å²) in [5, 5.41) is 8.87. The number of aliphatic carboxylic acids is 1. The predicted octanol–water partition coefficient (Wildman–Crippen LogP) is 2.00. The smallest absolute Gasteiger partial charge is 0.305 e. The van der Waals surface area contributed by atoms with E-state index < -0.39 is 5.97 Å². The summed E-state index contributed by atoms with van der Waals surface area (Å²) in [4.78, 5) is 25.0. The molecule has 1 aliphatic carbocycles. The molecule has 0 aromatic heterocycles. The van der Waals surface area contributed by atoms with Gasteiger partial charge in [0.1, 0.15) is 0 Å². The molecule has 0 aromatic carbocycles. The molecule has 0 spiro atoms. The Morgan fingerprint density at radius 1 is 1.30 bits per heavy atom. The number of nitrogens with two attached hydrogens (primary N) is 1. The zero-order chi connectivity index (χ0) is 15.2. The van der Waals surface area contributed by atoms with Crippen molar-refractivity contribution in [2.45, 2.75) is 64.8 Å². The maximum absolute atomic E-state index is 12.5. The number of amides is 1. The Bertz CT molecular complexity index is 338. The molecular formula is C15H28N2O3. The van der Waals surface area contributed by atoms with Crippen molar-refractivity contribution in [2.24, 2.45) is 11.1 Å². The zero-order valence-corrected chi connectivity index (χ0v) is 12.7. The van der Waals surface area contributed by atoms with Crippen molar-refractivity contribution in [3.63, 3.8) is 0 Å². The molecule has 0 aliphatic heterocycles. The van der Waals surface area contributed by atoms with E-state index in [9.17, 15) is 9.59 Å². The molecule has 1 saturated carbocycles. The van der Waals surface area contributed by atoms with Gasteiger partial charge in [0.05, 0.1) is 6.42 Å². The highest BCUT2D eigenvalue weighted by molar-refractivity contribution is 5.78. The summed E-state index contributed by atoms with van der Waals surface area (Å²) in [6, 6.07) is -0.261. The normalized spacial score (nSPS) is 19.4. The van der Waals surface area contributed by atoms with E-state index in [2.05, 4.69) is 0 Å². The second-order valence-corrected chi connectivity index (χ2v) is 6.07.